The second-order valence-electron chi connectivity index (χ2n) is 7.96. The molecule has 2 aliphatic rings. The predicted molar refractivity (Wildman–Crippen MR) is 123 cm³/mol. The van der Waals surface area contributed by atoms with Gasteiger partial charge in [0.2, 0.25) is 11.7 Å². The van der Waals surface area contributed by atoms with Gasteiger partial charge in [-0.15, -0.1) is 0 Å². The Morgan fingerprint density at radius 1 is 0.938 bits per heavy atom. The van der Waals surface area contributed by atoms with Crippen molar-refractivity contribution < 1.29 is 19.1 Å². The lowest BCUT2D eigenvalue weighted by Crippen LogP contribution is -2.40. The van der Waals surface area contributed by atoms with Crippen LogP contribution in [0.1, 0.15) is 33.2 Å². The van der Waals surface area contributed by atoms with Crippen LogP contribution in [0.25, 0.3) is 16.8 Å². The molecular weight excluding hydrogens is 404 g/mol. The second-order valence-corrected chi connectivity index (χ2v) is 7.96. The quantitative estimate of drug-likeness (QED) is 0.583. The summed E-state index contributed by atoms with van der Waals surface area (Å²) in [4.78, 5) is 41.3. The number of Topliss-reactive ketones (excluding diaryl/α,β-unsaturated/α-hetero) is 1. The number of ketones is 1. The third kappa shape index (κ3) is 3.48. The van der Waals surface area contributed by atoms with Crippen LogP contribution in [0.3, 0.4) is 0 Å². The van der Waals surface area contributed by atoms with Crippen LogP contribution in [0, 0.1) is 0 Å². The molecule has 1 fully saturated rings. The Morgan fingerprint density at radius 3 is 2.44 bits per heavy atom. The monoisotopic (exact) mass is 426 g/mol. The van der Waals surface area contributed by atoms with Crippen molar-refractivity contribution in [3.05, 3.63) is 83.1 Å². The average molecular weight is 426 g/mol. The first-order valence-electron chi connectivity index (χ1n) is 10.6. The van der Waals surface area contributed by atoms with Crippen LogP contribution in [0.5, 0.6) is 0 Å². The third-order valence-corrected chi connectivity index (χ3v) is 5.89. The summed E-state index contributed by atoms with van der Waals surface area (Å²) in [6.07, 6.45) is 1.75. The minimum atomic E-state index is -0.207. The predicted octanol–water partition coefficient (Wildman–Crippen LogP) is 3.90. The molecule has 6 nitrogen and oxygen atoms in total. The molecular formula is C26H22N2O4. The number of rotatable bonds is 2. The molecule has 0 aromatic heterocycles. The molecule has 3 aromatic rings. The summed E-state index contributed by atoms with van der Waals surface area (Å²) in [5.41, 5.74) is 2.95. The maximum absolute atomic E-state index is 12.9. The summed E-state index contributed by atoms with van der Waals surface area (Å²) in [5.74, 6) is -0.364. The Morgan fingerprint density at radius 2 is 1.66 bits per heavy atom. The van der Waals surface area contributed by atoms with Crippen molar-refractivity contribution >= 4 is 40.1 Å². The Bertz CT molecular complexity index is 1290. The molecule has 0 bridgehead atoms. The summed E-state index contributed by atoms with van der Waals surface area (Å²) < 4.78 is 5.33. The molecule has 2 heterocycles. The fraction of sp³-hybridized carbons (Fsp3) is 0.192. The van der Waals surface area contributed by atoms with E-state index in [1.165, 1.54) is 11.8 Å². The van der Waals surface area contributed by atoms with Crippen molar-refractivity contribution in [2.75, 3.05) is 31.2 Å². The zero-order chi connectivity index (χ0) is 22.2. The van der Waals surface area contributed by atoms with Gasteiger partial charge in [0, 0.05) is 31.1 Å². The molecule has 0 spiro atoms. The molecule has 5 rings (SSSR count). The van der Waals surface area contributed by atoms with Gasteiger partial charge in [0.05, 0.1) is 24.6 Å². The molecule has 32 heavy (non-hydrogen) atoms. The van der Waals surface area contributed by atoms with E-state index in [-0.39, 0.29) is 17.6 Å². The molecule has 1 saturated heterocycles. The van der Waals surface area contributed by atoms with Crippen LogP contribution in [0.2, 0.25) is 0 Å². The van der Waals surface area contributed by atoms with Crippen molar-refractivity contribution in [1.82, 2.24) is 4.90 Å². The molecule has 6 heteroatoms. The first kappa shape index (κ1) is 20.2. The molecule has 0 unspecified atom stereocenters. The number of hydrogen-bond acceptors (Lipinski definition) is 4. The van der Waals surface area contributed by atoms with Crippen molar-refractivity contribution in [3.8, 4) is 0 Å². The number of anilines is 1. The van der Waals surface area contributed by atoms with Crippen LogP contribution in [-0.2, 0) is 9.53 Å². The van der Waals surface area contributed by atoms with E-state index < -0.39 is 0 Å². The SMILES string of the molecule is CC(=O)N1/C(=C/c2ccc3cc(C(=O)N4CCOCC4)ccc3c2)C(=O)c2ccccc21. The maximum Gasteiger partial charge on any atom is 0.254 e. The zero-order valence-corrected chi connectivity index (χ0v) is 17.7. The maximum atomic E-state index is 12.9. The summed E-state index contributed by atoms with van der Waals surface area (Å²) in [5, 5.41) is 1.89. The zero-order valence-electron chi connectivity index (χ0n) is 17.7. The van der Waals surface area contributed by atoms with Crippen molar-refractivity contribution in [3.63, 3.8) is 0 Å². The standard InChI is InChI=1S/C26H22N2O4/c1-17(29)28-23-5-3-2-4-22(23)25(30)24(28)15-18-6-7-20-16-21(9-8-19(20)14-18)26(31)27-10-12-32-13-11-27/h2-9,14-16H,10-13H2,1H3/b24-15+. The fourth-order valence-corrected chi connectivity index (χ4v) is 4.29. The molecule has 0 saturated carbocycles. The van der Waals surface area contributed by atoms with Crippen LogP contribution in [0.4, 0.5) is 5.69 Å². The van der Waals surface area contributed by atoms with Gasteiger partial charge >= 0.3 is 0 Å². The molecule has 2 amide bonds. The van der Waals surface area contributed by atoms with Crippen molar-refractivity contribution in [1.29, 1.82) is 0 Å². The number of hydrogen-bond donors (Lipinski definition) is 0. The highest BCUT2D eigenvalue weighted by molar-refractivity contribution is 6.26. The first-order valence-corrected chi connectivity index (χ1v) is 10.6. The number of carbonyl (C=O) groups is 3. The van der Waals surface area contributed by atoms with E-state index in [1.807, 2.05) is 47.4 Å². The number of morpholine rings is 1. The van der Waals surface area contributed by atoms with Crippen LogP contribution in [0.15, 0.2) is 66.4 Å². The van der Waals surface area contributed by atoms with Gasteiger partial charge in [-0.3, -0.25) is 19.3 Å². The lowest BCUT2D eigenvalue weighted by molar-refractivity contribution is -0.116. The number of allylic oxidation sites excluding steroid dienone is 1. The fourth-order valence-electron chi connectivity index (χ4n) is 4.29. The van der Waals surface area contributed by atoms with Crippen LogP contribution < -0.4 is 4.90 Å². The lowest BCUT2D eigenvalue weighted by Gasteiger charge is -2.27. The highest BCUT2D eigenvalue weighted by Gasteiger charge is 2.34. The van der Waals surface area contributed by atoms with Gasteiger partial charge in [0.25, 0.3) is 5.91 Å². The lowest BCUT2D eigenvalue weighted by atomic mass is 10.0. The third-order valence-electron chi connectivity index (χ3n) is 5.89. The first-order chi connectivity index (χ1) is 15.5. The van der Waals surface area contributed by atoms with E-state index in [0.29, 0.717) is 48.8 Å². The Kier molecular flexibility index (Phi) is 5.07. The Labute approximate surface area is 185 Å². The largest absolute Gasteiger partial charge is 0.378 e. The minimum absolute atomic E-state index is 0.00723. The summed E-state index contributed by atoms with van der Waals surface area (Å²) in [6.45, 7) is 3.80. The molecule has 0 aliphatic carbocycles. The van der Waals surface area contributed by atoms with Gasteiger partial charge in [-0.2, -0.15) is 0 Å². The highest BCUT2D eigenvalue weighted by Crippen LogP contribution is 2.35. The number of carbonyl (C=O) groups excluding carboxylic acids is 3. The van der Waals surface area contributed by atoms with Crippen LogP contribution >= 0.6 is 0 Å². The number of fused-ring (bicyclic) bond motifs is 2. The van der Waals surface area contributed by atoms with Crippen molar-refractivity contribution in [2.24, 2.45) is 0 Å². The van der Waals surface area contributed by atoms with E-state index >= 15 is 0 Å². The molecule has 0 N–H and O–H groups in total. The number of benzene rings is 3. The molecule has 0 radical (unpaired) electrons. The second kappa shape index (κ2) is 8.05. The summed E-state index contributed by atoms with van der Waals surface area (Å²) in [7, 11) is 0. The summed E-state index contributed by atoms with van der Waals surface area (Å²) in [6, 6.07) is 18.6. The molecule has 0 atom stereocenters. The van der Waals surface area contributed by atoms with Gasteiger partial charge in [-0.25, -0.2) is 0 Å². The number of nitrogens with zero attached hydrogens (tertiary/aromatic N) is 2. The van der Waals surface area contributed by atoms with E-state index in [4.69, 9.17) is 4.74 Å². The van der Waals surface area contributed by atoms with Crippen molar-refractivity contribution in [2.45, 2.75) is 6.92 Å². The smallest absolute Gasteiger partial charge is 0.254 e. The van der Waals surface area contributed by atoms with Gasteiger partial charge in [0.1, 0.15) is 0 Å². The Balaban J connectivity index is 1.48. The number of ether oxygens (including phenoxy) is 1. The van der Waals surface area contributed by atoms with Gasteiger partial charge in [-0.1, -0.05) is 30.3 Å². The van der Waals surface area contributed by atoms with Crippen LogP contribution in [-0.4, -0.2) is 48.8 Å². The molecule has 160 valence electrons. The Hall–Kier alpha value is -3.77. The van der Waals surface area contributed by atoms with Gasteiger partial charge in [-0.05, 0) is 52.7 Å². The topological polar surface area (TPSA) is 66.9 Å². The average Bonchev–Trinajstić information content (AvgIpc) is 3.10. The number of para-hydroxylation sites is 1. The van der Waals surface area contributed by atoms with E-state index in [0.717, 1.165) is 16.3 Å². The minimum Gasteiger partial charge on any atom is -0.378 e. The molecule has 3 aromatic carbocycles. The highest BCUT2D eigenvalue weighted by atomic mass is 16.5. The molecule has 2 aliphatic heterocycles. The van der Waals surface area contributed by atoms with Gasteiger partial charge < -0.3 is 9.64 Å². The normalized spacial score (nSPS) is 17.2. The van der Waals surface area contributed by atoms with E-state index in [1.54, 1.807) is 24.3 Å². The van der Waals surface area contributed by atoms with Gasteiger partial charge in [0.15, 0.2) is 0 Å². The number of amides is 2. The van der Waals surface area contributed by atoms with E-state index in [9.17, 15) is 14.4 Å². The van der Waals surface area contributed by atoms with E-state index in [2.05, 4.69) is 0 Å². The summed E-state index contributed by atoms with van der Waals surface area (Å²) >= 11 is 0.